The van der Waals surface area contributed by atoms with Gasteiger partial charge in [-0.1, -0.05) is 66.5 Å². The molecular weight excluding hydrogens is 344 g/mol. The molecule has 2 heteroatoms. The minimum Gasteiger partial charge on any atom is -0.299 e. The molecule has 3 fully saturated rings. The molecule has 0 saturated heterocycles. The molecule has 0 heterocycles. The highest BCUT2D eigenvalue weighted by Gasteiger charge is 2.50. The molecule has 8 atom stereocenters. The van der Waals surface area contributed by atoms with Crippen molar-refractivity contribution in [3.63, 3.8) is 0 Å². The van der Waals surface area contributed by atoms with Crippen molar-refractivity contribution in [1.29, 1.82) is 0 Å². The topological polar surface area (TPSA) is 34.1 Å². The summed E-state index contributed by atoms with van der Waals surface area (Å²) in [6.07, 6.45) is 14.1. The van der Waals surface area contributed by atoms with Gasteiger partial charge < -0.3 is 0 Å². The number of rotatable bonds is 0. The van der Waals surface area contributed by atoms with Crippen molar-refractivity contribution < 1.29 is 9.59 Å². The van der Waals surface area contributed by atoms with Crippen LogP contribution in [0.2, 0.25) is 0 Å². The molecule has 0 aromatic carbocycles. The molecule has 0 aromatic heterocycles. The van der Waals surface area contributed by atoms with Gasteiger partial charge in [-0.2, -0.15) is 0 Å². The van der Waals surface area contributed by atoms with Crippen LogP contribution < -0.4 is 0 Å². The van der Waals surface area contributed by atoms with Crippen LogP contribution in [0.25, 0.3) is 0 Å². The molecule has 0 amide bonds. The highest BCUT2D eigenvalue weighted by molar-refractivity contribution is 5.88. The third-order valence-electron chi connectivity index (χ3n) is 9.40. The van der Waals surface area contributed by atoms with E-state index in [1.165, 1.54) is 32.1 Å². The van der Waals surface area contributed by atoms with E-state index < -0.39 is 0 Å². The summed E-state index contributed by atoms with van der Waals surface area (Å²) in [7, 11) is 0. The highest BCUT2D eigenvalue weighted by atomic mass is 16.1. The molecule has 4 aliphatic carbocycles. The molecule has 28 heavy (non-hydrogen) atoms. The normalized spacial score (nSPS) is 48.2. The fourth-order valence-corrected chi connectivity index (χ4v) is 6.64. The standard InChI is InChI=1S/C13H22O.C13H20O/c2*1-9-8-11-6-4-5-7-13(11,3)12(14)10(9)2/h9-11H,4-8H2,1-3H3;4-5,9-11H,6-8H2,1-3H3. The number of fused-ring (bicyclic) bond motifs is 2. The molecule has 0 radical (unpaired) electrons. The summed E-state index contributed by atoms with van der Waals surface area (Å²) in [5, 5.41) is 0. The van der Waals surface area contributed by atoms with Crippen LogP contribution in [0.1, 0.15) is 92.9 Å². The lowest BCUT2D eigenvalue weighted by Crippen LogP contribution is -2.48. The van der Waals surface area contributed by atoms with Crippen molar-refractivity contribution in [1.82, 2.24) is 0 Å². The average Bonchev–Trinajstić information content (AvgIpc) is 2.67. The van der Waals surface area contributed by atoms with Crippen molar-refractivity contribution in [3.05, 3.63) is 12.2 Å². The SMILES string of the molecule is CC1CC2CC=CCC2(C)C(=O)C1C.CC1CC2CCCCC2(C)C(=O)C1C. The van der Waals surface area contributed by atoms with E-state index in [1.54, 1.807) is 0 Å². The zero-order chi connectivity index (χ0) is 20.7. The van der Waals surface area contributed by atoms with E-state index in [0.29, 0.717) is 41.2 Å². The van der Waals surface area contributed by atoms with Crippen LogP contribution in [-0.2, 0) is 9.59 Å². The predicted molar refractivity (Wildman–Crippen MR) is 116 cm³/mol. The van der Waals surface area contributed by atoms with Crippen LogP contribution in [0.15, 0.2) is 12.2 Å². The van der Waals surface area contributed by atoms with Gasteiger partial charge in [0.05, 0.1) is 0 Å². The second-order valence-corrected chi connectivity index (χ2v) is 11.1. The molecule has 0 spiro atoms. The quantitative estimate of drug-likeness (QED) is 0.438. The van der Waals surface area contributed by atoms with Gasteiger partial charge in [-0.25, -0.2) is 0 Å². The molecule has 4 rings (SSSR count). The number of ketones is 2. The van der Waals surface area contributed by atoms with Crippen molar-refractivity contribution in [2.24, 2.45) is 46.3 Å². The number of carbonyl (C=O) groups is 2. The summed E-state index contributed by atoms with van der Waals surface area (Å²) < 4.78 is 0. The van der Waals surface area contributed by atoms with Gasteiger partial charge in [0.25, 0.3) is 0 Å². The number of allylic oxidation sites excluding steroid dienone is 2. The van der Waals surface area contributed by atoms with Gasteiger partial charge in [0.2, 0.25) is 0 Å². The summed E-state index contributed by atoms with van der Waals surface area (Å²) in [5.41, 5.74) is 0.00481. The van der Waals surface area contributed by atoms with E-state index in [9.17, 15) is 9.59 Å². The first-order valence-corrected chi connectivity index (χ1v) is 11.8. The fourth-order valence-electron chi connectivity index (χ4n) is 6.64. The second-order valence-electron chi connectivity index (χ2n) is 11.1. The third-order valence-corrected chi connectivity index (χ3v) is 9.40. The number of hydrogen-bond acceptors (Lipinski definition) is 2. The highest BCUT2D eigenvalue weighted by Crippen LogP contribution is 2.51. The number of carbonyl (C=O) groups excluding carboxylic acids is 2. The van der Waals surface area contributed by atoms with Gasteiger partial charge in [-0.3, -0.25) is 9.59 Å². The molecule has 0 aliphatic heterocycles. The third kappa shape index (κ3) is 3.65. The molecule has 0 N–H and O–H groups in total. The van der Waals surface area contributed by atoms with Gasteiger partial charge in [0.15, 0.2) is 0 Å². The summed E-state index contributed by atoms with van der Waals surface area (Å²) in [4.78, 5) is 24.5. The maximum atomic E-state index is 12.3. The first-order valence-electron chi connectivity index (χ1n) is 11.8. The van der Waals surface area contributed by atoms with Gasteiger partial charge in [-0.15, -0.1) is 0 Å². The molecular formula is C26H42O2. The van der Waals surface area contributed by atoms with Gasteiger partial charge in [0, 0.05) is 22.7 Å². The Morgan fingerprint density at radius 3 is 2.00 bits per heavy atom. The van der Waals surface area contributed by atoms with E-state index in [-0.39, 0.29) is 16.7 Å². The fraction of sp³-hybridized carbons (Fsp3) is 0.846. The average molecular weight is 387 g/mol. The Kier molecular flexibility index (Phi) is 6.28. The van der Waals surface area contributed by atoms with Crippen LogP contribution in [0.5, 0.6) is 0 Å². The van der Waals surface area contributed by atoms with Gasteiger partial charge >= 0.3 is 0 Å². The molecule has 0 bridgehead atoms. The molecule has 8 unspecified atom stereocenters. The summed E-state index contributed by atoms with van der Waals surface area (Å²) >= 11 is 0. The van der Waals surface area contributed by atoms with E-state index in [2.05, 4.69) is 53.7 Å². The first-order chi connectivity index (χ1) is 13.1. The molecule has 4 aliphatic rings. The molecule has 3 saturated carbocycles. The summed E-state index contributed by atoms with van der Waals surface area (Å²) in [6, 6.07) is 0. The van der Waals surface area contributed by atoms with Crippen LogP contribution >= 0.6 is 0 Å². The maximum Gasteiger partial charge on any atom is 0.142 e. The minimum absolute atomic E-state index is 0.0410. The monoisotopic (exact) mass is 386 g/mol. The molecule has 0 aromatic rings. The van der Waals surface area contributed by atoms with Crippen molar-refractivity contribution >= 4 is 11.6 Å². The molecule has 2 nitrogen and oxygen atoms in total. The van der Waals surface area contributed by atoms with E-state index in [1.807, 2.05) is 0 Å². The Hall–Kier alpha value is -0.920. The smallest absolute Gasteiger partial charge is 0.142 e. The van der Waals surface area contributed by atoms with Crippen molar-refractivity contribution in [2.75, 3.05) is 0 Å². The minimum atomic E-state index is -0.0410. The Bertz CT molecular complexity index is 634. The van der Waals surface area contributed by atoms with Crippen LogP contribution in [0.4, 0.5) is 0 Å². The number of Topliss-reactive ketones (excluding diaryl/α,β-unsaturated/α-hetero) is 2. The van der Waals surface area contributed by atoms with Gasteiger partial charge in [0.1, 0.15) is 11.6 Å². The van der Waals surface area contributed by atoms with Crippen molar-refractivity contribution in [3.8, 4) is 0 Å². The zero-order valence-corrected chi connectivity index (χ0v) is 19.1. The van der Waals surface area contributed by atoms with Crippen LogP contribution in [-0.4, -0.2) is 11.6 Å². The van der Waals surface area contributed by atoms with Crippen molar-refractivity contribution in [2.45, 2.75) is 92.9 Å². The van der Waals surface area contributed by atoms with Gasteiger partial charge in [-0.05, 0) is 62.2 Å². The summed E-state index contributed by atoms with van der Waals surface area (Å²) in [5.74, 6) is 4.11. The van der Waals surface area contributed by atoms with E-state index >= 15 is 0 Å². The largest absolute Gasteiger partial charge is 0.299 e. The predicted octanol–water partition coefficient (Wildman–Crippen LogP) is 6.63. The zero-order valence-electron chi connectivity index (χ0n) is 19.1. The lowest BCUT2D eigenvalue weighted by molar-refractivity contribution is -0.144. The van der Waals surface area contributed by atoms with E-state index in [0.717, 1.165) is 19.3 Å². The Balaban J connectivity index is 0.000000161. The lowest BCUT2D eigenvalue weighted by Gasteiger charge is -2.48. The number of hydrogen-bond donors (Lipinski definition) is 0. The molecule has 158 valence electrons. The van der Waals surface area contributed by atoms with Crippen LogP contribution in [0.3, 0.4) is 0 Å². The first kappa shape index (κ1) is 21.8. The van der Waals surface area contributed by atoms with Crippen LogP contribution in [0, 0.1) is 46.3 Å². The lowest BCUT2D eigenvalue weighted by atomic mass is 9.55. The maximum absolute atomic E-state index is 12.3. The Morgan fingerprint density at radius 1 is 0.786 bits per heavy atom. The van der Waals surface area contributed by atoms with E-state index in [4.69, 9.17) is 0 Å². The Morgan fingerprint density at radius 2 is 1.36 bits per heavy atom. The summed E-state index contributed by atoms with van der Waals surface area (Å²) in [6.45, 7) is 13.1. The Labute approximate surface area is 172 Å². The second kappa shape index (κ2) is 8.07.